The molecule has 4 heteroatoms. The predicted octanol–water partition coefficient (Wildman–Crippen LogP) is 2.63. The predicted molar refractivity (Wildman–Crippen MR) is 78.5 cm³/mol. The van der Waals surface area contributed by atoms with Gasteiger partial charge in [-0.25, -0.2) is 0 Å². The molecule has 1 aromatic carbocycles. The molecule has 0 atom stereocenters. The van der Waals surface area contributed by atoms with E-state index in [-0.39, 0.29) is 18.3 Å². The van der Waals surface area contributed by atoms with Gasteiger partial charge in [0.25, 0.3) is 5.91 Å². The molecule has 1 aromatic rings. The van der Waals surface area contributed by atoms with Crippen molar-refractivity contribution in [3.8, 4) is 0 Å². The van der Waals surface area contributed by atoms with Gasteiger partial charge in [-0.05, 0) is 42.0 Å². The highest BCUT2D eigenvalue weighted by Gasteiger charge is 2.17. The highest BCUT2D eigenvalue weighted by Crippen LogP contribution is 2.24. The zero-order valence-corrected chi connectivity index (χ0v) is 11.9. The molecule has 1 saturated carbocycles. The number of amides is 1. The van der Waals surface area contributed by atoms with Gasteiger partial charge in [0, 0.05) is 25.2 Å². The second-order valence-corrected chi connectivity index (χ2v) is 5.45. The fourth-order valence-electron chi connectivity index (χ4n) is 2.99. The molecule has 1 heterocycles. The standard InChI is InChI=1S/C15H20N2O.ClH/c18-15(17-8-11-3-1-2-4-11)12-5-6-13-9-16-10-14(13)7-12;/h5-7,11,16H,1-4,8-10H2,(H,17,18);1H. The maximum atomic E-state index is 12.1. The number of nitrogens with one attached hydrogen (secondary N) is 2. The molecule has 1 fully saturated rings. The molecule has 1 aliphatic carbocycles. The number of hydrogen-bond acceptors (Lipinski definition) is 2. The third-order valence-corrected chi connectivity index (χ3v) is 4.13. The van der Waals surface area contributed by atoms with Crippen LogP contribution in [0.2, 0.25) is 0 Å². The number of carbonyl (C=O) groups excluding carboxylic acids is 1. The minimum absolute atomic E-state index is 0. The lowest BCUT2D eigenvalue weighted by Crippen LogP contribution is -2.28. The van der Waals surface area contributed by atoms with Gasteiger partial charge in [-0.3, -0.25) is 4.79 Å². The van der Waals surface area contributed by atoms with Crippen LogP contribution >= 0.6 is 12.4 Å². The van der Waals surface area contributed by atoms with Crippen molar-refractivity contribution in [3.05, 3.63) is 34.9 Å². The number of hydrogen-bond donors (Lipinski definition) is 2. The molecule has 0 aromatic heterocycles. The molecule has 3 rings (SSSR count). The van der Waals surface area contributed by atoms with Gasteiger partial charge >= 0.3 is 0 Å². The van der Waals surface area contributed by atoms with Gasteiger partial charge in [0.1, 0.15) is 0 Å². The minimum Gasteiger partial charge on any atom is -0.352 e. The maximum absolute atomic E-state index is 12.1. The molecular formula is C15H21ClN2O. The third kappa shape index (κ3) is 3.28. The van der Waals surface area contributed by atoms with Gasteiger partial charge in [-0.15, -0.1) is 12.4 Å². The van der Waals surface area contributed by atoms with E-state index in [9.17, 15) is 4.79 Å². The Morgan fingerprint density at radius 1 is 1.21 bits per heavy atom. The Kier molecular flexibility index (Phi) is 4.83. The van der Waals surface area contributed by atoms with E-state index in [2.05, 4.69) is 16.7 Å². The van der Waals surface area contributed by atoms with Crippen LogP contribution in [0.15, 0.2) is 18.2 Å². The summed E-state index contributed by atoms with van der Waals surface area (Å²) in [4.78, 5) is 12.1. The number of halogens is 1. The first-order valence-corrected chi connectivity index (χ1v) is 6.93. The normalized spacial score (nSPS) is 17.9. The molecule has 0 spiro atoms. The van der Waals surface area contributed by atoms with Crippen LogP contribution in [0.3, 0.4) is 0 Å². The number of carbonyl (C=O) groups is 1. The van der Waals surface area contributed by atoms with E-state index >= 15 is 0 Å². The summed E-state index contributed by atoms with van der Waals surface area (Å²) in [5.74, 6) is 0.779. The SMILES string of the molecule is Cl.O=C(NCC1CCCC1)c1ccc2c(c1)CNC2. The van der Waals surface area contributed by atoms with Crippen molar-refractivity contribution in [2.75, 3.05) is 6.54 Å². The summed E-state index contributed by atoms with van der Waals surface area (Å²) in [6, 6.07) is 6.04. The Bertz CT molecular complexity index is 455. The Morgan fingerprint density at radius 2 is 1.95 bits per heavy atom. The van der Waals surface area contributed by atoms with Gasteiger partial charge < -0.3 is 10.6 Å². The Labute approximate surface area is 120 Å². The molecule has 2 aliphatic rings. The van der Waals surface area contributed by atoms with Crippen LogP contribution in [-0.4, -0.2) is 12.5 Å². The van der Waals surface area contributed by atoms with Gasteiger partial charge in [-0.2, -0.15) is 0 Å². The molecule has 0 saturated heterocycles. The van der Waals surface area contributed by atoms with Crippen molar-refractivity contribution in [2.24, 2.45) is 5.92 Å². The molecule has 0 bridgehead atoms. The summed E-state index contributed by atoms with van der Waals surface area (Å²) in [7, 11) is 0. The third-order valence-electron chi connectivity index (χ3n) is 4.13. The first kappa shape index (κ1) is 14.4. The van der Waals surface area contributed by atoms with Crippen molar-refractivity contribution in [3.63, 3.8) is 0 Å². The Morgan fingerprint density at radius 3 is 2.74 bits per heavy atom. The van der Waals surface area contributed by atoms with Crippen LogP contribution < -0.4 is 10.6 Å². The molecule has 1 aliphatic heterocycles. The fraction of sp³-hybridized carbons (Fsp3) is 0.533. The van der Waals surface area contributed by atoms with Crippen LogP contribution in [0.25, 0.3) is 0 Å². The van der Waals surface area contributed by atoms with Gasteiger partial charge in [-0.1, -0.05) is 18.9 Å². The summed E-state index contributed by atoms with van der Waals surface area (Å²) in [5.41, 5.74) is 3.39. The van der Waals surface area contributed by atoms with Gasteiger partial charge in [0.15, 0.2) is 0 Å². The number of fused-ring (bicyclic) bond motifs is 1. The van der Waals surface area contributed by atoms with Crippen molar-refractivity contribution in [1.29, 1.82) is 0 Å². The summed E-state index contributed by atoms with van der Waals surface area (Å²) >= 11 is 0. The summed E-state index contributed by atoms with van der Waals surface area (Å²) in [5, 5.41) is 6.37. The second kappa shape index (κ2) is 6.40. The fourth-order valence-corrected chi connectivity index (χ4v) is 2.99. The summed E-state index contributed by atoms with van der Waals surface area (Å²) in [6.07, 6.45) is 5.19. The minimum atomic E-state index is 0. The van der Waals surface area contributed by atoms with E-state index in [1.807, 2.05) is 12.1 Å². The topological polar surface area (TPSA) is 41.1 Å². The van der Waals surface area contributed by atoms with Crippen molar-refractivity contribution in [1.82, 2.24) is 10.6 Å². The Balaban J connectivity index is 0.00000133. The van der Waals surface area contributed by atoms with E-state index in [4.69, 9.17) is 0 Å². The van der Waals surface area contributed by atoms with E-state index < -0.39 is 0 Å². The van der Waals surface area contributed by atoms with Crippen LogP contribution in [0.5, 0.6) is 0 Å². The highest BCUT2D eigenvalue weighted by molar-refractivity contribution is 5.94. The molecule has 0 unspecified atom stereocenters. The lowest BCUT2D eigenvalue weighted by atomic mass is 10.1. The average Bonchev–Trinajstić information content (AvgIpc) is 3.05. The van der Waals surface area contributed by atoms with Crippen molar-refractivity contribution in [2.45, 2.75) is 38.8 Å². The summed E-state index contributed by atoms with van der Waals surface area (Å²) in [6.45, 7) is 2.66. The van der Waals surface area contributed by atoms with Gasteiger partial charge in [0.05, 0.1) is 0 Å². The molecule has 1 amide bonds. The second-order valence-electron chi connectivity index (χ2n) is 5.45. The average molecular weight is 281 g/mol. The molecular weight excluding hydrogens is 260 g/mol. The lowest BCUT2D eigenvalue weighted by Gasteiger charge is -2.11. The van der Waals surface area contributed by atoms with Gasteiger partial charge in [0.2, 0.25) is 0 Å². The van der Waals surface area contributed by atoms with Crippen LogP contribution in [0, 0.1) is 5.92 Å². The lowest BCUT2D eigenvalue weighted by molar-refractivity contribution is 0.0947. The van der Waals surface area contributed by atoms with Crippen LogP contribution in [-0.2, 0) is 13.1 Å². The van der Waals surface area contributed by atoms with Crippen molar-refractivity contribution < 1.29 is 4.79 Å². The first-order chi connectivity index (χ1) is 8.83. The highest BCUT2D eigenvalue weighted by atomic mass is 35.5. The number of rotatable bonds is 3. The largest absolute Gasteiger partial charge is 0.352 e. The molecule has 3 nitrogen and oxygen atoms in total. The number of benzene rings is 1. The molecule has 0 radical (unpaired) electrons. The molecule has 104 valence electrons. The van der Waals surface area contributed by atoms with E-state index in [0.717, 1.165) is 25.2 Å². The maximum Gasteiger partial charge on any atom is 0.251 e. The van der Waals surface area contributed by atoms with Crippen LogP contribution in [0.1, 0.15) is 47.2 Å². The Hall–Kier alpha value is -1.06. The zero-order chi connectivity index (χ0) is 12.4. The summed E-state index contributed by atoms with van der Waals surface area (Å²) < 4.78 is 0. The van der Waals surface area contributed by atoms with E-state index in [1.54, 1.807) is 0 Å². The van der Waals surface area contributed by atoms with Crippen molar-refractivity contribution >= 4 is 18.3 Å². The zero-order valence-electron chi connectivity index (χ0n) is 11.1. The van der Waals surface area contributed by atoms with Crippen LogP contribution in [0.4, 0.5) is 0 Å². The molecule has 2 N–H and O–H groups in total. The van der Waals surface area contributed by atoms with E-state index in [1.165, 1.54) is 36.8 Å². The quantitative estimate of drug-likeness (QED) is 0.894. The van der Waals surface area contributed by atoms with E-state index in [0.29, 0.717) is 5.92 Å². The molecule has 19 heavy (non-hydrogen) atoms. The smallest absolute Gasteiger partial charge is 0.251 e. The first-order valence-electron chi connectivity index (χ1n) is 6.93. The monoisotopic (exact) mass is 280 g/mol.